The Morgan fingerprint density at radius 1 is 1.30 bits per heavy atom. The Balaban J connectivity index is 2.56. The first-order valence-corrected chi connectivity index (χ1v) is 9.67. The van der Waals surface area contributed by atoms with Crippen LogP contribution in [-0.4, -0.2) is 59.1 Å². The van der Waals surface area contributed by atoms with E-state index >= 15 is 0 Å². The molecule has 1 fully saturated rings. The second kappa shape index (κ2) is 9.86. The molecule has 0 aromatic heterocycles. The van der Waals surface area contributed by atoms with E-state index in [2.05, 4.69) is 6.58 Å². The number of aliphatic hydroxyl groups excluding tert-OH is 2. The maximum Gasteiger partial charge on any atom is 0.334 e. The first kappa shape index (κ1) is 23.6. The van der Waals surface area contributed by atoms with Gasteiger partial charge in [0.1, 0.15) is 18.3 Å². The highest BCUT2D eigenvalue weighted by Crippen LogP contribution is 2.36. The van der Waals surface area contributed by atoms with Crippen LogP contribution in [0.25, 0.3) is 0 Å². The molecule has 2 aliphatic rings. The van der Waals surface area contributed by atoms with E-state index in [9.17, 15) is 24.6 Å². The number of hydrogen-bond donors (Lipinski definition) is 2. The lowest BCUT2D eigenvalue weighted by molar-refractivity contribution is -0.147. The molecular weight excluding hydrogens is 392 g/mol. The van der Waals surface area contributed by atoms with Crippen LogP contribution in [0, 0.1) is 5.92 Å². The molecule has 1 heterocycles. The number of aliphatic hydroxyl groups is 2. The van der Waals surface area contributed by atoms with Crippen molar-refractivity contribution in [3.63, 3.8) is 0 Å². The highest BCUT2D eigenvalue weighted by atomic mass is 16.6. The van der Waals surface area contributed by atoms with Crippen molar-refractivity contribution < 1.29 is 38.8 Å². The minimum absolute atomic E-state index is 0.0187. The molecule has 30 heavy (non-hydrogen) atoms. The number of fused-ring (bicyclic) bond motifs is 1. The molecule has 0 saturated carbocycles. The van der Waals surface area contributed by atoms with Crippen molar-refractivity contribution >= 4 is 17.9 Å². The Kier molecular flexibility index (Phi) is 7.75. The van der Waals surface area contributed by atoms with E-state index in [1.165, 1.54) is 13.0 Å². The van der Waals surface area contributed by atoms with Crippen LogP contribution in [0.5, 0.6) is 0 Å². The highest BCUT2D eigenvalue weighted by Gasteiger charge is 2.45. The quantitative estimate of drug-likeness (QED) is 0.304. The fraction of sp³-hybridized carbons (Fsp3) is 0.500. The summed E-state index contributed by atoms with van der Waals surface area (Å²) in [6.07, 6.45) is 0.817. The predicted octanol–water partition coefficient (Wildman–Crippen LogP) is 1.52. The standard InChI is InChI=1S/C22H28O8/c1-6-11(2)21(26)29-18-7-12(3)16(25)9-17(28-14(5)24)15(10-23)8-19-20(18)13(4)22(27)30-19/h6-8,16-20,23,25H,4,9-10H2,1-3,5H3/b11-6-,12-7+,15-8-/t16-,17-,18+,19+,20+/m0/s1. The largest absolute Gasteiger partial charge is 0.458 e. The van der Waals surface area contributed by atoms with Crippen LogP contribution in [0.2, 0.25) is 0 Å². The SMILES string of the molecule is C=C1C(=O)O[C@@H]2/C=C(/CO)[C@@H](OC(C)=O)C[C@H](O)/C(C)=C/[C@@H](OC(=O)/C(C)=C\C)[C@@H]12. The van der Waals surface area contributed by atoms with E-state index in [0.717, 1.165) is 0 Å². The number of allylic oxidation sites excluding steroid dienone is 1. The molecule has 0 aromatic rings. The second-order valence-corrected chi connectivity index (χ2v) is 7.42. The predicted molar refractivity (Wildman–Crippen MR) is 107 cm³/mol. The number of hydrogen-bond acceptors (Lipinski definition) is 8. The van der Waals surface area contributed by atoms with Gasteiger partial charge in [0.15, 0.2) is 0 Å². The molecule has 0 bridgehead atoms. The van der Waals surface area contributed by atoms with E-state index in [1.807, 2.05) is 0 Å². The van der Waals surface area contributed by atoms with Gasteiger partial charge in [-0.1, -0.05) is 12.7 Å². The molecule has 1 saturated heterocycles. The second-order valence-electron chi connectivity index (χ2n) is 7.42. The van der Waals surface area contributed by atoms with Gasteiger partial charge in [-0.15, -0.1) is 0 Å². The van der Waals surface area contributed by atoms with Gasteiger partial charge in [-0.2, -0.15) is 0 Å². The topological polar surface area (TPSA) is 119 Å². The lowest BCUT2D eigenvalue weighted by Crippen LogP contribution is -2.35. The van der Waals surface area contributed by atoms with Crippen LogP contribution < -0.4 is 0 Å². The number of esters is 3. The molecule has 0 amide bonds. The Hall–Kier alpha value is -2.71. The van der Waals surface area contributed by atoms with Crippen molar-refractivity contribution in [2.24, 2.45) is 5.92 Å². The normalized spacial score (nSPS) is 33.4. The van der Waals surface area contributed by atoms with Gasteiger partial charge in [0, 0.05) is 24.5 Å². The van der Waals surface area contributed by atoms with Gasteiger partial charge < -0.3 is 24.4 Å². The van der Waals surface area contributed by atoms with Crippen molar-refractivity contribution in [1.82, 2.24) is 0 Å². The summed E-state index contributed by atoms with van der Waals surface area (Å²) in [5.74, 6) is -2.58. The van der Waals surface area contributed by atoms with Crippen LogP contribution in [0.4, 0.5) is 0 Å². The Morgan fingerprint density at radius 2 is 1.97 bits per heavy atom. The van der Waals surface area contributed by atoms with Crippen molar-refractivity contribution in [3.8, 4) is 0 Å². The monoisotopic (exact) mass is 420 g/mol. The number of ether oxygens (including phenoxy) is 3. The average Bonchev–Trinajstić information content (AvgIpc) is 2.96. The van der Waals surface area contributed by atoms with Crippen LogP contribution in [0.15, 0.2) is 47.1 Å². The van der Waals surface area contributed by atoms with Gasteiger partial charge in [0.25, 0.3) is 0 Å². The maximum absolute atomic E-state index is 12.4. The molecule has 2 N–H and O–H groups in total. The average molecular weight is 420 g/mol. The zero-order valence-corrected chi connectivity index (χ0v) is 17.6. The molecule has 1 aliphatic carbocycles. The molecule has 0 unspecified atom stereocenters. The first-order chi connectivity index (χ1) is 14.1. The molecule has 5 atom stereocenters. The number of carbonyl (C=O) groups is 3. The van der Waals surface area contributed by atoms with E-state index in [-0.39, 0.29) is 17.6 Å². The number of rotatable bonds is 4. The van der Waals surface area contributed by atoms with Crippen LogP contribution in [-0.2, 0) is 28.6 Å². The van der Waals surface area contributed by atoms with E-state index < -0.39 is 54.8 Å². The molecule has 0 aromatic carbocycles. The molecule has 164 valence electrons. The molecule has 2 rings (SSSR count). The van der Waals surface area contributed by atoms with Crippen molar-refractivity contribution in [2.45, 2.75) is 58.5 Å². The summed E-state index contributed by atoms with van der Waals surface area (Å²) >= 11 is 0. The van der Waals surface area contributed by atoms with Crippen LogP contribution in [0.3, 0.4) is 0 Å². The van der Waals surface area contributed by atoms with E-state index in [1.54, 1.807) is 32.9 Å². The van der Waals surface area contributed by atoms with Gasteiger partial charge in [-0.3, -0.25) is 4.79 Å². The molecule has 8 nitrogen and oxygen atoms in total. The Morgan fingerprint density at radius 3 is 2.53 bits per heavy atom. The van der Waals surface area contributed by atoms with Crippen molar-refractivity contribution in [2.75, 3.05) is 6.61 Å². The van der Waals surface area contributed by atoms with E-state index in [0.29, 0.717) is 11.1 Å². The van der Waals surface area contributed by atoms with E-state index in [4.69, 9.17) is 14.2 Å². The Labute approximate surface area is 175 Å². The minimum Gasteiger partial charge on any atom is -0.458 e. The lowest BCUT2D eigenvalue weighted by Gasteiger charge is -2.29. The lowest BCUT2D eigenvalue weighted by atomic mass is 9.85. The third-order valence-electron chi connectivity index (χ3n) is 5.29. The summed E-state index contributed by atoms with van der Waals surface area (Å²) in [6, 6.07) is 0. The summed E-state index contributed by atoms with van der Waals surface area (Å²) in [5, 5.41) is 20.5. The fourth-order valence-electron chi connectivity index (χ4n) is 3.38. The molecular formula is C22H28O8. The molecule has 1 aliphatic heterocycles. The summed E-state index contributed by atoms with van der Waals surface area (Å²) in [5.41, 5.74) is 1.21. The zero-order valence-electron chi connectivity index (χ0n) is 17.6. The molecule has 8 heteroatoms. The maximum atomic E-state index is 12.4. The smallest absolute Gasteiger partial charge is 0.334 e. The van der Waals surface area contributed by atoms with Gasteiger partial charge >= 0.3 is 17.9 Å². The van der Waals surface area contributed by atoms with Gasteiger partial charge in [-0.05, 0) is 44.1 Å². The van der Waals surface area contributed by atoms with Crippen LogP contribution in [0.1, 0.15) is 34.1 Å². The van der Waals surface area contributed by atoms with Crippen LogP contribution >= 0.6 is 0 Å². The molecule has 0 radical (unpaired) electrons. The summed E-state index contributed by atoms with van der Waals surface area (Å²) in [6.45, 7) is 9.46. The van der Waals surface area contributed by atoms with Crippen molar-refractivity contribution in [3.05, 3.63) is 47.1 Å². The Bertz CT molecular complexity index is 819. The number of carbonyl (C=O) groups excluding carboxylic acids is 3. The minimum atomic E-state index is -1.05. The fourth-order valence-corrected chi connectivity index (χ4v) is 3.38. The van der Waals surface area contributed by atoms with Crippen molar-refractivity contribution in [1.29, 1.82) is 0 Å². The zero-order chi connectivity index (χ0) is 22.6. The van der Waals surface area contributed by atoms with Gasteiger partial charge in [0.2, 0.25) is 0 Å². The molecule has 0 spiro atoms. The summed E-state index contributed by atoms with van der Waals surface area (Å²) in [4.78, 5) is 36.2. The first-order valence-electron chi connectivity index (χ1n) is 9.67. The van der Waals surface area contributed by atoms with Gasteiger partial charge in [-0.25, -0.2) is 9.59 Å². The summed E-state index contributed by atoms with van der Waals surface area (Å²) < 4.78 is 16.3. The third kappa shape index (κ3) is 5.25. The van der Waals surface area contributed by atoms with Gasteiger partial charge in [0.05, 0.1) is 18.6 Å². The summed E-state index contributed by atoms with van der Waals surface area (Å²) in [7, 11) is 0. The highest BCUT2D eigenvalue weighted by molar-refractivity contribution is 5.92. The third-order valence-corrected chi connectivity index (χ3v) is 5.29.